The Morgan fingerprint density at radius 3 is 2.50 bits per heavy atom. The molecule has 2 aromatic rings. The Morgan fingerprint density at radius 1 is 1.19 bits per heavy atom. The van der Waals surface area contributed by atoms with Crippen LogP contribution in [0.5, 0.6) is 0 Å². The summed E-state index contributed by atoms with van der Waals surface area (Å²) in [6.07, 6.45) is 10.8. The first kappa shape index (κ1) is 17.1. The fourth-order valence-corrected chi connectivity index (χ4v) is 3.48. The van der Waals surface area contributed by atoms with E-state index in [0.29, 0.717) is 5.92 Å². The number of rotatable bonds is 6. The Bertz CT molecular complexity index is 770. The second kappa shape index (κ2) is 7.09. The van der Waals surface area contributed by atoms with E-state index < -0.39 is 0 Å². The molecule has 26 heavy (non-hydrogen) atoms. The number of hydrogen-bond acceptors (Lipinski definition) is 4. The maximum Gasteiger partial charge on any atom is 0.268 e. The fourth-order valence-electron chi connectivity index (χ4n) is 3.48. The van der Waals surface area contributed by atoms with Crippen LogP contribution in [0.2, 0.25) is 0 Å². The van der Waals surface area contributed by atoms with E-state index >= 15 is 0 Å². The molecule has 1 saturated carbocycles. The molecule has 1 aliphatic heterocycles. The number of anilines is 1. The molecule has 2 fully saturated rings. The predicted molar refractivity (Wildman–Crippen MR) is 102 cm³/mol. The van der Waals surface area contributed by atoms with Gasteiger partial charge >= 0.3 is 0 Å². The SMILES string of the molecule is CC(C)NC(=O)c1cc(-c2cnc(N3CCCC3)nc2)cn1CC1CC1. The molecule has 0 spiro atoms. The van der Waals surface area contributed by atoms with E-state index in [2.05, 4.69) is 30.9 Å². The standard InChI is InChI=1S/C20H27N5O/c1-14(2)23-19(26)18-9-16(13-25(18)12-15-5-6-15)17-10-21-20(22-11-17)24-7-3-4-8-24/h9-11,13-15H,3-8,12H2,1-2H3,(H,23,26). The zero-order chi connectivity index (χ0) is 18.1. The summed E-state index contributed by atoms with van der Waals surface area (Å²) in [7, 11) is 0. The first-order chi connectivity index (χ1) is 12.6. The summed E-state index contributed by atoms with van der Waals surface area (Å²) in [5, 5.41) is 3.01. The van der Waals surface area contributed by atoms with Crippen LogP contribution in [0.15, 0.2) is 24.7 Å². The molecule has 4 rings (SSSR count). The first-order valence-corrected chi connectivity index (χ1v) is 9.68. The highest BCUT2D eigenvalue weighted by Gasteiger charge is 2.25. The van der Waals surface area contributed by atoms with Crippen molar-refractivity contribution in [3.05, 3.63) is 30.4 Å². The molecule has 6 heteroatoms. The maximum atomic E-state index is 12.6. The van der Waals surface area contributed by atoms with Gasteiger partial charge in [0.15, 0.2) is 0 Å². The number of nitrogens with one attached hydrogen (secondary N) is 1. The van der Waals surface area contributed by atoms with Crippen LogP contribution < -0.4 is 10.2 Å². The molecule has 6 nitrogen and oxygen atoms in total. The van der Waals surface area contributed by atoms with Gasteiger partial charge < -0.3 is 14.8 Å². The Kier molecular flexibility index (Phi) is 4.66. The van der Waals surface area contributed by atoms with Crippen LogP contribution in [0.1, 0.15) is 50.0 Å². The van der Waals surface area contributed by atoms with Gasteiger partial charge in [-0.25, -0.2) is 9.97 Å². The van der Waals surface area contributed by atoms with Gasteiger partial charge in [0.2, 0.25) is 5.95 Å². The highest BCUT2D eigenvalue weighted by Crippen LogP contribution is 2.32. The summed E-state index contributed by atoms with van der Waals surface area (Å²) in [5.74, 6) is 1.50. The summed E-state index contributed by atoms with van der Waals surface area (Å²) in [4.78, 5) is 23.9. The molecule has 0 bridgehead atoms. The normalized spacial score (nSPS) is 17.1. The second-order valence-corrected chi connectivity index (χ2v) is 7.80. The molecule has 0 atom stereocenters. The van der Waals surface area contributed by atoms with Crippen molar-refractivity contribution in [3.63, 3.8) is 0 Å². The van der Waals surface area contributed by atoms with E-state index in [1.807, 2.05) is 32.3 Å². The third kappa shape index (κ3) is 3.74. The molecule has 1 amide bonds. The van der Waals surface area contributed by atoms with Gasteiger partial charge in [-0.05, 0) is 51.5 Å². The van der Waals surface area contributed by atoms with Gasteiger partial charge in [-0.1, -0.05) is 0 Å². The summed E-state index contributed by atoms with van der Waals surface area (Å²) in [6, 6.07) is 2.09. The quantitative estimate of drug-likeness (QED) is 0.867. The van der Waals surface area contributed by atoms with Gasteiger partial charge in [0.05, 0.1) is 0 Å². The van der Waals surface area contributed by atoms with Gasteiger partial charge in [0.25, 0.3) is 5.91 Å². The van der Waals surface area contributed by atoms with Crippen LogP contribution >= 0.6 is 0 Å². The lowest BCUT2D eigenvalue weighted by molar-refractivity contribution is 0.0933. The number of carbonyl (C=O) groups is 1. The van der Waals surface area contributed by atoms with Crippen molar-refractivity contribution in [2.75, 3.05) is 18.0 Å². The monoisotopic (exact) mass is 353 g/mol. The van der Waals surface area contributed by atoms with Gasteiger partial charge in [-0.2, -0.15) is 0 Å². The highest BCUT2D eigenvalue weighted by atomic mass is 16.2. The zero-order valence-corrected chi connectivity index (χ0v) is 15.6. The Labute approximate surface area is 154 Å². The molecular weight excluding hydrogens is 326 g/mol. The Hall–Kier alpha value is -2.37. The zero-order valence-electron chi connectivity index (χ0n) is 15.6. The number of carbonyl (C=O) groups excluding carboxylic acids is 1. The highest BCUT2D eigenvalue weighted by molar-refractivity contribution is 5.94. The molecule has 0 unspecified atom stereocenters. The average Bonchev–Trinajstić information content (AvgIpc) is 3.11. The molecule has 3 heterocycles. The summed E-state index contributed by atoms with van der Waals surface area (Å²) < 4.78 is 2.10. The van der Waals surface area contributed by atoms with Crippen molar-refractivity contribution in [3.8, 4) is 11.1 Å². The Morgan fingerprint density at radius 2 is 1.88 bits per heavy atom. The molecule has 1 aliphatic carbocycles. The molecule has 0 aromatic carbocycles. The number of hydrogen-bond donors (Lipinski definition) is 1. The lowest BCUT2D eigenvalue weighted by Gasteiger charge is -2.14. The van der Waals surface area contributed by atoms with Gasteiger partial charge in [0.1, 0.15) is 5.69 Å². The van der Waals surface area contributed by atoms with Crippen LogP contribution in [0.25, 0.3) is 11.1 Å². The maximum absolute atomic E-state index is 12.6. The molecule has 2 aromatic heterocycles. The number of nitrogens with zero attached hydrogens (tertiary/aromatic N) is 4. The van der Waals surface area contributed by atoms with Crippen molar-refractivity contribution in [1.82, 2.24) is 19.9 Å². The van der Waals surface area contributed by atoms with Gasteiger partial charge in [-0.3, -0.25) is 4.79 Å². The largest absolute Gasteiger partial charge is 0.349 e. The molecule has 138 valence electrons. The number of amides is 1. The number of aromatic nitrogens is 3. The molecule has 0 radical (unpaired) electrons. The lowest BCUT2D eigenvalue weighted by Crippen LogP contribution is -2.31. The van der Waals surface area contributed by atoms with Crippen LogP contribution in [-0.2, 0) is 6.54 Å². The van der Waals surface area contributed by atoms with Gasteiger partial charge in [-0.15, -0.1) is 0 Å². The molecule has 1 saturated heterocycles. The minimum atomic E-state index is -0.0125. The predicted octanol–water partition coefficient (Wildman–Crippen LogP) is 3.09. The molecular formula is C20H27N5O. The van der Waals surface area contributed by atoms with Crippen molar-refractivity contribution >= 4 is 11.9 Å². The topological polar surface area (TPSA) is 63.1 Å². The third-order valence-corrected chi connectivity index (χ3v) is 5.06. The van der Waals surface area contributed by atoms with E-state index in [9.17, 15) is 4.79 Å². The summed E-state index contributed by atoms with van der Waals surface area (Å²) in [5.41, 5.74) is 2.69. The van der Waals surface area contributed by atoms with Crippen LogP contribution in [0.3, 0.4) is 0 Å². The van der Waals surface area contributed by atoms with E-state index in [1.54, 1.807) is 0 Å². The summed E-state index contributed by atoms with van der Waals surface area (Å²) >= 11 is 0. The first-order valence-electron chi connectivity index (χ1n) is 9.68. The van der Waals surface area contributed by atoms with Gasteiger partial charge in [0, 0.05) is 55.4 Å². The van der Waals surface area contributed by atoms with E-state index in [1.165, 1.54) is 25.7 Å². The third-order valence-electron chi connectivity index (χ3n) is 5.06. The van der Waals surface area contributed by atoms with Crippen LogP contribution in [0.4, 0.5) is 5.95 Å². The van der Waals surface area contributed by atoms with Crippen LogP contribution in [-0.4, -0.2) is 39.6 Å². The Balaban J connectivity index is 1.58. The molecule has 1 N–H and O–H groups in total. The minimum absolute atomic E-state index is 0.0125. The van der Waals surface area contributed by atoms with E-state index in [4.69, 9.17) is 0 Å². The second-order valence-electron chi connectivity index (χ2n) is 7.80. The smallest absolute Gasteiger partial charge is 0.268 e. The molecule has 2 aliphatic rings. The van der Waals surface area contributed by atoms with E-state index in [-0.39, 0.29) is 11.9 Å². The van der Waals surface area contributed by atoms with Crippen molar-refractivity contribution in [2.24, 2.45) is 5.92 Å². The minimum Gasteiger partial charge on any atom is -0.349 e. The fraction of sp³-hybridized carbons (Fsp3) is 0.550. The van der Waals surface area contributed by atoms with E-state index in [0.717, 1.165) is 42.4 Å². The van der Waals surface area contributed by atoms with Crippen molar-refractivity contribution in [1.29, 1.82) is 0 Å². The lowest BCUT2D eigenvalue weighted by atomic mass is 10.2. The summed E-state index contributed by atoms with van der Waals surface area (Å²) in [6.45, 7) is 6.95. The average molecular weight is 353 g/mol. The van der Waals surface area contributed by atoms with Crippen LogP contribution in [0, 0.1) is 5.92 Å². The van der Waals surface area contributed by atoms with Crippen molar-refractivity contribution in [2.45, 2.75) is 52.1 Å². The van der Waals surface area contributed by atoms with Crippen molar-refractivity contribution < 1.29 is 4.79 Å².